The Morgan fingerprint density at radius 1 is 1.00 bits per heavy atom. The van der Waals surface area contributed by atoms with Gasteiger partial charge in [-0.3, -0.25) is 9.36 Å². The highest BCUT2D eigenvalue weighted by Crippen LogP contribution is 2.16. The van der Waals surface area contributed by atoms with Crippen LogP contribution in [0.4, 0.5) is 5.82 Å². The zero-order valence-electron chi connectivity index (χ0n) is 17.9. The molecule has 1 fully saturated rings. The molecule has 32 heavy (non-hydrogen) atoms. The Morgan fingerprint density at radius 3 is 2.41 bits per heavy atom. The van der Waals surface area contributed by atoms with Crippen molar-refractivity contribution in [1.82, 2.24) is 29.4 Å². The van der Waals surface area contributed by atoms with Gasteiger partial charge < -0.3 is 14.2 Å². The third-order valence-corrected chi connectivity index (χ3v) is 5.69. The van der Waals surface area contributed by atoms with Gasteiger partial charge in [-0.1, -0.05) is 12.1 Å². The lowest BCUT2D eigenvalue weighted by molar-refractivity contribution is -0.132. The van der Waals surface area contributed by atoms with Crippen molar-refractivity contribution in [2.75, 3.05) is 31.1 Å². The zero-order valence-corrected chi connectivity index (χ0v) is 17.9. The molecule has 0 N–H and O–H groups in total. The van der Waals surface area contributed by atoms with Crippen molar-refractivity contribution in [3.05, 3.63) is 64.4 Å². The summed E-state index contributed by atoms with van der Waals surface area (Å²) in [5.41, 5.74) is 3.04. The van der Waals surface area contributed by atoms with E-state index in [1.54, 1.807) is 27.8 Å². The topological polar surface area (TPSA) is 102 Å². The molecule has 164 valence electrons. The fourth-order valence-electron chi connectivity index (χ4n) is 4.04. The lowest BCUT2D eigenvalue weighted by atomic mass is 10.3. The van der Waals surface area contributed by atoms with Gasteiger partial charge in [0.25, 0.3) is 0 Å². The monoisotopic (exact) mass is 433 g/mol. The summed E-state index contributed by atoms with van der Waals surface area (Å²) in [4.78, 5) is 28.8. The first kappa shape index (κ1) is 20.0. The van der Waals surface area contributed by atoms with Crippen LogP contribution in [0.25, 0.3) is 16.9 Å². The van der Waals surface area contributed by atoms with Crippen LogP contribution in [-0.2, 0) is 11.3 Å². The molecule has 0 radical (unpaired) electrons. The van der Waals surface area contributed by atoms with Gasteiger partial charge >= 0.3 is 5.76 Å². The van der Waals surface area contributed by atoms with Gasteiger partial charge in [0.15, 0.2) is 17.2 Å². The number of aryl methyl sites for hydroxylation is 2. The van der Waals surface area contributed by atoms with Crippen molar-refractivity contribution in [2.24, 2.45) is 0 Å². The molecule has 0 bridgehead atoms. The molecule has 1 saturated heterocycles. The summed E-state index contributed by atoms with van der Waals surface area (Å²) >= 11 is 0. The maximum atomic E-state index is 12.8. The molecule has 1 aliphatic rings. The van der Waals surface area contributed by atoms with E-state index in [-0.39, 0.29) is 12.5 Å². The number of carbonyl (C=O) groups is 1. The highest BCUT2D eigenvalue weighted by atomic mass is 16.4. The molecule has 1 aromatic carbocycles. The first-order valence-electron chi connectivity index (χ1n) is 10.5. The molecule has 1 amide bonds. The summed E-state index contributed by atoms with van der Waals surface area (Å²) < 4.78 is 8.37. The number of hydrogen-bond acceptors (Lipinski definition) is 7. The average molecular weight is 433 g/mol. The first-order valence-corrected chi connectivity index (χ1v) is 10.5. The van der Waals surface area contributed by atoms with E-state index >= 15 is 0 Å². The molecule has 0 saturated carbocycles. The van der Waals surface area contributed by atoms with Crippen molar-refractivity contribution in [3.8, 4) is 5.82 Å². The lowest BCUT2D eigenvalue weighted by Gasteiger charge is -2.35. The van der Waals surface area contributed by atoms with Gasteiger partial charge in [-0.05, 0) is 44.2 Å². The molecule has 0 spiro atoms. The minimum Gasteiger partial charge on any atom is -0.408 e. The standard InChI is InChI=1S/C22H23N7O3/c1-15-13-16(2)29(25-15)20-8-7-19(23-24-20)26-9-11-27(12-10-26)21(30)14-28-17-5-3-4-6-18(17)32-22(28)31/h3-8,13H,9-12,14H2,1-2H3. The van der Waals surface area contributed by atoms with E-state index in [2.05, 4.69) is 20.2 Å². The number of fused-ring (bicyclic) bond motifs is 1. The van der Waals surface area contributed by atoms with Crippen molar-refractivity contribution in [1.29, 1.82) is 0 Å². The summed E-state index contributed by atoms with van der Waals surface area (Å²) in [5.74, 6) is 0.811. The van der Waals surface area contributed by atoms with Gasteiger partial charge in [0.05, 0.1) is 11.2 Å². The van der Waals surface area contributed by atoms with Crippen LogP contribution in [0.5, 0.6) is 0 Å². The molecule has 1 aliphatic heterocycles. The normalized spacial score (nSPS) is 14.3. The Kier molecular flexibility index (Phi) is 4.96. The largest absolute Gasteiger partial charge is 0.420 e. The minimum atomic E-state index is -0.517. The predicted octanol–water partition coefficient (Wildman–Crippen LogP) is 1.54. The third kappa shape index (κ3) is 3.64. The summed E-state index contributed by atoms with van der Waals surface area (Å²) in [7, 11) is 0. The quantitative estimate of drug-likeness (QED) is 0.481. The molecular weight excluding hydrogens is 410 g/mol. The molecule has 0 atom stereocenters. The van der Waals surface area contributed by atoms with E-state index in [1.165, 1.54) is 4.57 Å². The van der Waals surface area contributed by atoms with Gasteiger partial charge in [0.1, 0.15) is 6.54 Å². The number of carbonyl (C=O) groups excluding carboxylic acids is 1. The maximum absolute atomic E-state index is 12.8. The van der Waals surface area contributed by atoms with Crippen molar-refractivity contribution >= 4 is 22.8 Å². The molecule has 10 heteroatoms. The number of aromatic nitrogens is 5. The van der Waals surface area contributed by atoms with Crippen LogP contribution in [0.2, 0.25) is 0 Å². The summed E-state index contributed by atoms with van der Waals surface area (Å²) in [5, 5.41) is 13.1. The third-order valence-electron chi connectivity index (χ3n) is 5.69. The molecule has 3 aromatic heterocycles. The molecule has 10 nitrogen and oxygen atoms in total. The van der Waals surface area contributed by atoms with Gasteiger partial charge in [0, 0.05) is 31.9 Å². The number of para-hydroxylation sites is 2. The highest BCUT2D eigenvalue weighted by Gasteiger charge is 2.24. The Labute approximate surface area is 183 Å². The number of hydrogen-bond donors (Lipinski definition) is 0. The smallest absolute Gasteiger partial charge is 0.408 e. The van der Waals surface area contributed by atoms with E-state index in [4.69, 9.17) is 4.42 Å². The maximum Gasteiger partial charge on any atom is 0.420 e. The lowest BCUT2D eigenvalue weighted by Crippen LogP contribution is -2.50. The van der Waals surface area contributed by atoms with Gasteiger partial charge in [-0.15, -0.1) is 10.2 Å². The van der Waals surface area contributed by atoms with Crippen LogP contribution in [0.15, 0.2) is 51.7 Å². The van der Waals surface area contributed by atoms with E-state index < -0.39 is 5.76 Å². The second-order valence-electron chi connectivity index (χ2n) is 7.88. The van der Waals surface area contributed by atoms with Crippen LogP contribution < -0.4 is 10.7 Å². The van der Waals surface area contributed by atoms with Crippen LogP contribution in [0, 0.1) is 13.8 Å². The molecule has 0 unspecified atom stereocenters. The average Bonchev–Trinajstić information content (AvgIpc) is 3.31. The summed E-state index contributed by atoms with van der Waals surface area (Å²) in [6.07, 6.45) is 0. The van der Waals surface area contributed by atoms with Gasteiger partial charge in [-0.25, -0.2) is 9.48 Å². The molecule has 4 aromatic rings. The Balaban J connectivity index is 1.23. The number of rotatable bonds is 4. The van der Waals surface area contributed by atoms with Gasteiger partial charge in [0.2, 0.25) is 5.91 Å². The molecular formula is C22H23N7O3. The molecule has 5 rings (SSSR count). The SMILES string of the molecule is Cc1cc(C)n(-c2ccc(N3CCN(C(=O)Cn4c(=O)oc5ccccc54)CC3)nn2)n1. The molecule has 4 heterocycles. The Morgan fingerprint density at radius 2 is 1.72 bits per heavy atom. The number of anilines is 1. The fourth-order valence-corrected chi connectivity index (χ4v) is 4.04. The van der Waals surface area contributed by atoms with Crippen molar-refractivity contribution in [3.63, 3.8) is 0 Å². The van der Waals surface area contributed by atoms with E-state index in [9.17, 15) is 9.59 Å². The number of oxazole rings is 1. The minimum absolute atomic E-state index is 0.0347. The highest BCUT2D eigenvalue weighted by molar-refractivity contribution is 5.79. The van der Waals surface area contributed by atoms with E-state index in [1.807, 2.05) is 38.1 Å². The van der Waals surface area contributed by atoms with Crippen molar-refractivity contribution in [2.45, 2.75) is 20.4 Å². The second kappa shape index (κ2) is 7.95. The van der Waals surface area contributed by atoms with Crippen molar-refractivity contribution < 1.29 is 9.21 Å². The Bertz CT molecular complexity index is 1330. The van der Waals surface area contributed by atoms with Crippen LogP contribution in [0.1, 0.15) is 11.4 Å². The first-order chi connectivity index (χ1) is 15.5. The molecule has 0 aliphatic carbocycles. The number of nitrogens with zero attached hydrogens (tertiary/aromatic N) is 7. The van der Waals surface area contributed by atoms with Crippen LogP contribution in [-0.4, -0.2) is 61.5 Å². The predicted molar refractivity (Wildman–Crippen MR) is 118 cm³/mol. The van der Waals surface area contributed by atoms with Gasteiger partial charge in [-0.2, -0.15) is 5.10 Å². The fraction of sp³-hybridized carbons (Fsp3) is 0.318. The zero-order chi connectivity index (χ0) is 22.2. The summed E-state index contributed by atoms with van der Waals surface area (Å²) in [6.45, 7) is 6.26. The van der Waals surface area contributed by atoms with E-state index in [0.29, 0.717) is 43.1 Å². The summed E-state index contributed by atoms with van der Waals surface area (Å²) in [6, 6.07) is 12.9. The van der Waals surface area contributed by atoms with E-state index in [0.717, 1.165) is 17.2 Å². The van der Waals surface area contributed by atoms with Crippen LogP contribution in [0.3, 0.4) is 0 Å². The second-order valence-corrected chi connectivity index (χ2v) is 7.88. The van der Waals surface area contributed by atoms with Crippen LogP contribution >= 0.6 is 0 Å². The number of amides is 1. The Hall–Kier alpha value is -3.95. The number of piperazine rings is 1. The number of benzene rings is 1.